The van der Waals surface area contributed by atoms with E-state index in [1.54, 1.807) is 6.07 Å². The van der Waals surface area contributed by atoms with Crippen molar-refractivity contribution in [3.05, 3.63) is 53.5 Å². The molecule has 2 rings (SSSR count). The lowest BCUT2D eigenvalue weighted by Gasteiger charge is -2.06. The van der Waals surface area contributed by atoms with Crippen LogP contribution in [0.15, 0.2) is 36.5 Å². The second-order valence-electron chi connectivity index (χ2n) is 3.67. The Labute approximate surface area is 108 Å². The highest BCUT2D eigenvalue weighted by Crippen LogP contribution is 2.18. The number of carbonyl (C=O) groups is 1. The molecule has 0 saturated carbocycles. The van der Waals surface area contributed by atoms with Gasteiger partial charge in [0.25, 0.3) is 0 Å². The van der Waals surface area contributed by atoms with Gasteiger partial charge in [0.1, 0.15) is 17.7 Å². The number of benzene rings is 1. The van der Waals surface area contributed by atoms with Gasteiger partial charge in [-0.15, -0.1) is 0 Å². The van der Waals surface area contributed by atoms with Crippen molar-refractivity contribution in [1.82, 2.24) is 4.98 Å². The molecule has 94 valence electrons. The Morgan fingerprint density at radius 1 is 1.37 bits per heavy atom. The topological polar surface area (TPSA) is 86.0 Å². The number of rotatable bonds is 3. The van der Waals surface area contributed by atoms with E-state index in [0.717, 1.165) is 0 Å². The van der Waals surface area contributed by atoms with Crippen molar-refractivity contribution in [3.8, 4) is 6.07 Å². The second kappa shape index (κ2) is 5.14. The number of nitrogens with zero attached hydrogens (tertiary/aromatic N) is 2. The zero-order valence-corrected chi connectivity index (χ0v) is 9.59. The van der Waals surface area contributed by atoms with Crippen LogP contribution >= 0.6 is 0 Å². The molecule has 1 aromatic heterocycles. The summed E-state index contributed by atoms with van der Waals surface area (Å²) >= 11 is 0. The Morgan fingerprint density at radius 3 is 2.74 bits per heavy atom. The van der Waals surface area contributed by atoms with E-state index in [0.29, 0.717) is 11.5 Å². The van der Waals surface area contributed by atoms with Crippen LogP contribution in [0.2, 0.25) is 0 Å². The number of nitriles is 1. The van der Waals surface area contributed by atoms with Crippen LogP contribution in [0.5, 0.6) is 0 Å². The summed E-state index contributed by atoms with van der Waals surface area (Å²) in [4.78, 5) is 14.6. The van der Waals surface area contributed by atoms with Crippen LogP contribution < -0.4 is 5.32 Å². The maximum atomic E-state index is 13.1. The Kier molecular flexibility index (Phi) is 3.39. The zero-order valence-electron chi connectivity index (χ0n) is 9.59. The Morgan fingerprint density at radius 2 is 2.16 bits per heavy atom. The third-order valence-corrected chi connectivity index (χ3v) is 2.37. The maximum Gasteiger partial charge on any atom is 0.337 e. The molecule has 0 bridgehead atoms. The molecule has 0 aliphatic carbocycles. The fourth-order valence-corrected chi connectivity index (χ4v) is 1.43. The fraction of sp³-hybridized carbons (Fsp3) is 0. The Bertz CT molecular complexity index is 663. The molecule has 0 fully saturated rings. The van der Waals surface area contributed by atoms with Crippen LogP contribution in [0.4, 0.5) is 15.9 Å². The monoisotopic (exact) mass is 257 g/mol. The molecule has 0 saturated heterocycles. The van der Waals surface area contributed by atoms with Gasteiger partial charge >= 0.3 is 5.97 Å². The molecule has 0 atom stereocenters. The predicted molar refractivity (Wildman–Crippen MR) is 65.6 cm³/mol. The third kappa shape index (κ3) is 2.84. The summed E-state index contributed by atoms with van der Waals surface area (Å²) in [6.07, 6.45) is 1.21. The van der Waals surface area contributed by atoms with Crippen LogP contribution in [0.1, 0.15) is 15.9 Å². The fourth-order valence-electron chi connectivity index (χ4n) is 1.43. The number of aromatic carboxylic acids is 1. The summed E-state index contributed by atoms with van der Waals surface area (Å²) in [7, 11) is 0. The summed E-state index contributed by atoms with van der Waals surface area (Å²) in [5, 5.41) is 20.3. The van der Waals surface area contributed by atoms with E-state index >= 15 is 0 Å². The molecule has 1 heterocycles. The highest BCUT2D eigenvalue weighted by atomic mass is 19.1. The number of hydrogen-bond acceptors (Lipinski definition) is 4. The molecule has 0 amide bonds. The largest absolute Gasteiger partial charge is 0.478 e. The van der Waals surface area contributed by atoms with Crippen molar-refractivity contribution >= 4 is 17.5 Å². The minimum absolute atomic E-state index is 0.0716. The van der Waals surface area contributed by atoms with E-state index in [9.17, 15) is 9.18 Å². The van der Waals surface area contributed by atoms with E-state index in [4.69, 9.17) is 10.4 Å². The van der Waals surface area contributed by atoms with Gasteiger partial charge in [0, 0.05) is 11.9 Å². The molecular formula is C13H8FN3O2. The average molecular weight is 257 g/mol. The lowest BCUT2D eigenvalue weighted by Crippen LogP contribution is -1.99. The zero-order chi connectivity index (χ0) is 13.8. The predicted octanol–water partition coefficient (Wildman–Crippen LogP) is 2.53. The lowest BCUT2D eigenvalue weighted by molar-refractivity contribution is 0.0696. The number of hydrogen-bond donors (Lipinski definition) is 2. The number of anilines is 2. The van der Waals surface area contributed by atoms with Gasteiger partial charge in [-0.05, 0) is 30.3 Å². The van der Waals surface area contributed by atoms with Gasteiger partial charge in [-0.1, -0.05) is 0 Å². The Hall–Kier alpha value is -2.94. The molecule has 19 heavy (non-hydrogen) atoms. The normalized spacial score (nSPS) is 9.68. The number of carboxylic acids is 1. The van der Waals surface area contributed by atoms with Crippen LogP contribution in [-0.2, 0) is 0 Å². The number of aromatic nitrogens is 1. The quantitative estimate of drug-likeness (QED) is 0.882. The van der Waals surface area contributed by atoms with Gasteiger partial charge in [0.05, 0.1) is 11.1 Å². The van der Waals surface area contributed by atoms with Crippen molar-refractivity contribution in [3.63, 3.8) is 0 Å². The highest BCUT2D eigenvalue weighted by molar-refractivity contribution is 5.87. The van der Waals surface area contributed by atoms with E-state index < -0.39 is 11.8 Å². The first-order valence-corrected chi connectivity index (χ1v) is 5.26. The molecule has 6 heteroatoms. The number of carboxylic acid groups (broad SMARTS) is 1. The number of pyridine rings is 1. The summed E-state index contributed by atoms with van der Waals surface area (Å²) in [6.45, 7) is 0. The highest BCUT2D eigenvalue weighted by Gasteiger charge is 2.05. The van der Waals surface area contributed by atoms with Crippen molar-refractivity contribution < 1.29 is 14.3 Å². The van der Waals surface area contributed by atoms with Crippen LogP contribution in [0.3, 0.4) is 0 Å². The second-order valence-corrected chi connectivity index (χ2v) is 3.67. The standard InChI is InChI=1S/C13H8FN3O2/c14-11-3-2-10(5-9(11)6-15)17-12-4-1-8(7-16-12)13(18)19/h1-5,7H,(H,16,17)(H,18,19). The van der Waals surface area contributed by atoms with Crippen molar-refractivity contribution in [2.24, 2.45) is 0 Å². The summed E-state index contributed by atoms with van der Waals surface area (Å²) < 4.78 is 13.1. The van der Waals surface area contributed by atoms with Crippen LogP contribution in [0, 0.1) is 17.1 Å². The van der Waals surface area contributed by atoms with Gasteiger partial charge in [-0.3, -0.25) is 0 Å². The molecule has 0 unspecified atom stereocenters. The molecule has 0 spiro atoms. The van der Waals surface area contributed by atoms with Crippen LogP contribution in [-0.4, -0.2) is 16.1 Å². The van der Waals surface area contributed by atoms with Gasteiger partial charge < -0.3 is 10.4 Å². The van der Waals surface area contributed by atoms with E-state index in [2.05, 4.69) is 10.3 Å². The van der Waals surface area contributed by atoms with E-state index in [1.165, 1.54) is 36.5 Å². The van der Waals surface area contributed by atoms with Crippen molar-refractivity contribution in [2.75, 3.05) is 5.32 Å². The minimum atomic E-state index is -1.06. The van der Waals surface area contributed by atoms with Crippen LogP contribution in [0.25, 0.3) is 0 Å². The summed E-state index contributed by atoms with van der Waals surface area (Å²) in [5.41, 5.74) is 0.489. The number of nitrogens with one attached hydrogen (secondary N) is 1. The molecular weight excluding hydrogens is 249 g/mol. The first kappa shape index (κ1) is 12.5. The molecule has 1 aromatic carbocycles. The van der Waals surface area contributed by atoms with Gasteiger partial charge in [-0.25, -0.2) is 14.2 Å². The molecule has 0 aliphatic rings. The van der Waals surface area contributed by atoms with Gasteiger partial charge in [-0.2, -0.15) is 5.26 Å². The van der Waals surface area contributed by atoms with E-state index in [-0.39, 0.29) is 11.1 Å². The number of halogens is 1. The SMILES string of the molecule is N#Cc1cc(Nc2ccc(C(=O)O)cn2)ccc1F. The molecule has 0 radical (unpaired) electrons. The van der Waals surface area contributed by atoms with Gasteiger partial charge in [0.15, 0.2) is 0 Å². The summed E-state index contributed by atoms with van der Waals surface area (Å²) in [5.74, 6) is -1.25. The third-order valence-electron chi connectivity index (χ3n) is 2.37. The lowest BCUT2D eigenvalue weighted by atomic mass is 10.2. The summed E-state index contributed by atoms with van der Waals surface area (Å²) in [6, 6.07) is 8.60. The van der Waals surface area contributed by atoms with Crippen molar-refractivity contribution in [1.29, 1.82) is 5.26 Å². The van der Waals surface area contributed by atoms with E-state index in [1.807, 2.05) is 0 Å². The first-order chi connectivity index (χ1) is 9.10. The Balaban J connectivity index is 2.22. The minimum Gasteiger partial charge on any atom is -0.478 e. The molecule has 2 N–H and O–H groups in total. The smallest absolute Gasteiger partial charge is 0.337 e. The molecule has 2 aromatic rings. The maximum absolute atomic E-state index is 13.1. The average Bonchev–Trinajstić information content (AvgIpc) is 2.41. The van der Waals surface area contributed by atoms with Gasteiger partial charge in [0.2, 0.25) is 0 Å². The molecule has 5 nitrogen and oxygen atoms in total. The first-order valence-electron chi connectivity index (χ1n) is 5.26. The molecule has 0 aliphatic heterocycles. The van der Waals surface area contributed by atoms with Crippen molar-refractivity contribution in [2.45, 2.75) is 0 Å².